The number of benzene rings is 1. The molecule has 0 aliphatic rings. The average molecular weight is 279 g/mol. The lowest BCUT2D eigenvalue weighted by atomic mass is 10.2. The summed E-state index contributed by atoms with van der Waals surface area (Å²) in [4.78, 5) is 0. The van der Waals surface area contributed by atoms with Gasteiger partial charge in [0.25, 0.3) is 0 Å². The van der Waals surface area contributed by atoms with Gasteiger partial charge in [0.2, 0.25) is 0 Å². The van der Waals surface area contributed by atoms with Crippen molar-refractivity contribution in [3.8, 4) is 11.5 Å². The van der Waals surface area contributed by atoms with E-state index >= 15 is 0 Å². The van der Waals surface area contributed by atoms with Gasteiger partial charge in [0.05, 0.1) is 20.4 Å². The van der Waals surface area contributed by atoms with E-state index in [2.05, 4.69) is 22.4 Å². The molecule has 6 heteroatoms. The van der Waals surface area contributed by atoms with Gasteiger partial charge in [-0.1, -0.05) is 6.08 Å². The highest BCUT2D eigenvalue weighted by molar-refractivity contribution is 7.80. The van der Waals surface area contributed by atoms with Gasteiger partial charge >= 0.3 is 0 Å². The minimum atomic E-state index is 0.441. The molecule has 0 aliphatic carbocycles. The van der Waals surface area contributed by atoms with E-state index in [-0.39, 0.29) is 0 Å². The highest BCUT2D eigenvalue weighted by Gasteiger charge is 2.02. The van der Waals surface area contributed by atoms with E-state index in [0.29, 0.717) is 23.2 Å². The van der Waals surface area contributed by atoms with Crippen molar-refractivity contribution < 1.29 is 9.47 Å². The van der Waals surface area contributed by atoms with E-state index in [1.807, 2.05) is 18.2 Å². The highest BCUT2D eigenvalue weighted by Crippen LogP contribution is 2.26. The summed E-state index contributed by atoms with van der Waals surface area (Å²) in [6.07, 6.45) is 3.36. The fourth-order valence-electron chi connectivity index (χ4n) is 1.30. The van der Waals surface area contributed by atoms with Gasteiger partial charge in [-0.2, -0.15) is 5.10 Å². The van der Waals surface area contributed by atoms with Gasteiger partial charge < -0.3 is 14.8 Å². The zero-order valence-electron chi connectivity index (χ0n) is 11.0. The van der Waals surface area contributed by atoms with Crippen molar-refractivity contribution in [1.82, 2.24) is 10.7 Å². The maximum atomic E-state index is 5.20. The minimum Gasteiger partial charge on any atom is -0.493 e. The van der Waals surface area contributed by atoms with E-state index in [1.54, 1.807) is 26.5 Å². The fraction of sp³-hybridized carbons (Fsp3) is 0.231. The van der Waals surface area contributed by atoms with Crippen LogP contribution >= 0.6 is 12.2 Å². The third-order valence-corrected chi connectivity index (χ3v) is 2.43. The summed E-state index contributed by atoms with van der Waals surface area (Å²) in [7, 11) is 3.18. The van der Waals surface area contributed by atoms with Gasteiger partial charge in [-0.05, 0) is 36.0 Å². The predicted molar refractivity (Wildman–Crippen MR) is 81.1 cm³/mol. The Bertz CT molecular complexity index is 475. The third-order valence-electron chi connectivity index (χ3n) is 2.19. The number of hydrogen-bond donors (Lipinski definition) is 2. The summed E-state index contributed by atoms with van der Waals surface area (Å²) >= 11 is 4.99. The fourth-order valence-corrected chi connectivity index (χ4v) is 1.44. The van der Waals surface area contributed by atoms with E-state index in [1.165, 1.54) is 0 Å². The molecule has 0 saturated heterocycles. The molecule has 2 N–H and O–H groups in total. The van der Waals surface area contributed by atoms with Crippen LogP contribution in [0.25, 0.3) is 0 Å². The lowest BCUT2D eigenvalue weighted by molar-refractivity contribution is 0.355. The zero-order valence-corrected chi connectivity index (χ0v) is 11.8. The van der Waals surface area contributed by atoms with E-state index in [9.17, 15) is 0 Å². The molecule has 1 aromatic rings. The standard InChI is InChI=1S/C13H17N3O2S/c1-4-7-14-13(19)16-15-9-10-5-6-11(17-2)12(8-10)18-3/h4-6,8-9H,1,7H2,2-3H3,(H2,14,16,19). The second-order valence-corrected chi connectivity index (χ2v) is 3.89. The molecule has 0 bridgehead atoms. The Morgan fingerprint density at radius 1 is 1.37 bits per heavy atom. The Hall–Kier alpha value is -2.08. The lowest BCUT2D eigenvalue weighted by Crippen LogP contribution is -2.31. The van der Waals surface area contributed by atoms with Crippen LogP contribution in [0.4, 0.5) is 0 Å². The van der Waals surface area contributed by atoms with Crippen LogP contribution < -0.4 is 20.2 Å². The van der Waals surface area contributed by atoms with Crippen molar-refractivity contribution >= 4 is 23.5 Å². The van der Waals surface area contributed by atoms with Crippen LogP contribution in [0.5, 0.6) is 11.5 Å². The molecule has 0 aromatic heterocycles. The van der Waals surface area contributed by atoms with Crippen molar-refractivity contribution in [2.24, 2.45) is 5.10 Å². The Kier molecular flexibility index (Phi) is 6.38. The molecule has 19 heavy (non-hydrogen) atoms. The molecule has 0 radical (unpaired) electrons. The SMILES string of the molecule is C=CCNC(=S)NN=Cc1ccc(OC)c(OC)c1. The van der Waals surface area contributed by atoms with E-state index < -0.39 is 0 Å². The van der Waals surface area contributed by atoms with Crippen molar-refractivity contribution in [1.29, 1.82) is 0 Å². The predicted octanol–water partition coefficient (Wildman–Crippen LogP) is 1.69. The van der Waals surface area contributed by atoms with Crippen LogP contribution in [0.1, 0.15) is 5.56 Å². The van der Waals surface area contributed by atoms with Crippen molar-refractivity contribution in [2.45, 2.75) is 0 Å². The number of rotatable bonds is 6. The number of thiocarbonyl (C=S) groups is 1. The van der Waals surface area contributed by atoms with Crippen LogP contribution in [0.3, 0.4) is 0 Å². The van der Waals surface area contributed by atoms with Gasteiger partial charge in [0.15, 0.2) is 16.6 Å². The zero-order chi connectivity index (χ0) is 14.1. The van der Waals surface area contributed by atoms with Crippen LogP contribution in [0.2, 0.25) is 0 Å². The molecule has 0 unspecified atom stereocenters. The third kappa shape index (κ3) is 4.97. The Morgan fingerprint density at radius 3 is 2.74 bits per heavy atom. The molecule has 0 saturated carbocycles. The normalized spacial score (nSPS) is 10.0. The largest absolute Gasteiger partial charge is 0.493 e. The van der Waals surface area contributed by atoms with Crippen LogP contribution in [0, 0.1) is 0 Å². The number of hydrogen-bond acceptors (Lipinski definition) is 4. The van der Waals surface area contributed by atoms with Crippen LogP contribution in [-0.4, -0.2) is 32.1 Å². The first-order valence-electron chi connectivity index (χ1n) is 5.61. The summed E-state index contributed by atoms with van der Waals surface area (Å²) in [5.41, 5.74) is 3.57. The lowest BCUT2D eigenvalue weighted by Gasteiger charge is -2.07. The first-order valence-corrected chi connectivity index (χ1v) is 6.02. The Balaban J connectivity index is 2.61. The Labute approximate surface area is 118 Å². The van der Waals surface area contributed by atoms with Crippen molar-refractivity contribution in [3.63, 3.8) is 0 Å². The smallest absolute Gasteiger partial charge is 0.187 e. The van der Waals surface area contributed by atoms with E-state index in [0.717, 1.165) is 5.56 Å². The molecule has 0 aliphatic heterocycles. The molecule has 0 heterocycles. The second-order valence-electron chi connectivity index (χ2n) is 3.48. The topological polar surface area (TPSA) is 54.9 Å². The van der Waals surface area contributed by atoms with Crippen LogP contribution in [0.15, 0.2) is 36.0 Å². The van der Waals surface area contributed by atoms with E-state index in [4.69, 9.17) is 21.7 Å². The summed E-state index contributed by atoms with van der Waals surface area (Å²) in [6, 6.07) is 5.51. The second kappa shape index (κ2) is 8.10. The van der Waals surface area contributed by atoms with Gasteiger partial charge in [-0.25, -0.2) is 0 Å². The summed E-state index contributed by atoms with van der Waals surface area (Å²) in [6.45, 7) is 4.18. The quantitative estimate of drug-likeness (QED) is 0.359. The average Bonchev–Trinajstić information content (AvgIpc) is 2.44. The highest BCUT2D eigenvalue weighted by atomic mass is 32.1. The number of methoxy groups -OCH3 is 2. The molecule has 0 amide bonds. The first kappa shape index (κ1) is 15.0. The molecule has 5 nitrogen and oxygen atoms in total. The molecular weight excluding hydrogens is 262 g/mol. The van der Waals surface area contributed by atoms with Crippen molar-refractivity contribution in [2.75, 3.05) is 20.8 Å². The number of hydrazone groups is 1. The van der Waals surface area contributed by atoms with Gasteiger partial charge in [0, 0.05) is 6.54 Å². The summed E-state index contributed by atoms with van der Waals surface area (Å²) in [5, 5.41) is 7.36. The molecule has 0 fully saturated rings. The Morgan fingerprint density at radius 2 is 2.11 bits per heavy atom. The summed E-state index contributed by atoms with van der Waals surface area (Å²) < 4.78 is 10.4. The summed E-state index contributed by atoms with van der Waals surface area (Å²) in [5.74, 6) is 1.33. The number of nitrogens with one attached hydrogen (secondary N) is 2. The molecular formula is C13H17N3O2S. The number of ether oxygens (including phenoxy) is 2. The maximum absolute atomic E-state index is 5.20. The van der Waals surface area contributed by atoms with Crippen LogP contribution in [-0.2, 0) is 0 Å². The molecule has 102 valence electrons. The number of nitrogens with zero attached hydrogens (tertiary/aromatic N) is 1. The van der Waals surface area contributed by atoms with Crippen molar-refractivity contribution in [3.05, 3.63) is 36.4 Å². The molecule has 1 aromatic carbocycles. The van der Waals surface area contributed by atoms with Gasteiger partial charge in [0.1, 0.15) is 0 Å². The molecule has 0 atom stereocenters. The monoisotopic (exact) mass is 279 g/mol. The van der Waals surface area contributed by atoms with Gasteiger partial charge in [-0.15, -0.1) is 6.58 Å². The first-order chi connectivity index (χ1) is 9.21. The minimum absolute atomic E-state index is 0.441. The molecule has 0 spiro atoms. The molecule has 1 rings (SSSR count). The van der Waals surface area contributed by atoms with Gasteiger partial charge in [-0.3, -0.25) is 5.43 Å². The maximum Gasteiger partial charge on any atom is 0.187 e.